The summed E-state index contributed by atoms with van der Waals surface area (Å²) in [6, 6.07) is 7.87. The molecule has 0 fully saturated rings. The Bertz CT molecular complexity index is 571. The largest absolute Gasteiger partial charge is 0.493 e. The normalized spacial score (nSPS) is 12.9. The lowest BCUT2D eigenvalue weighted by Crippen LogP contribution is -2.04. The monoisotopic (exact) mass is 242 g/mol. The minimum atomic E-state index is 0.341. The van der Waals surface area contributed by atoms with Gasteiger partial charge in [-0.3, -0.25) is 0 Å². The maximum Gasteiger partial charge on any atom is 0.144 e. The molecule has 1 aliphatic rings. The van der Waals surface area contributed by atoms with E-state index >= 15 is 0 Å². The molecule has 0 saturated heterocycles. The van der Waals surface area contributed by atoms with E-state index in [1.165, 1.54) is 5.56 Å². The molecule has 1 aromatic heterocycles. The van der Waals surface area contributed by atoms with Gasteiger partial charge in [-0.05, 0) is 29.8 Å². The Morgan fingerprint density at radius 2 is 2.28 bits per heavy atom. The van der Waals surface area contributed by atoms with Crippen LogP contribution in [0.4, 0.5) is 11.5 Å². The molecule has 0 unspecified atom stereocenters. The highest BCUT2D eigenvalue weighted by Gasteiger charge is 2.12. The molecule has 92 valence electrons. The van der Waals surface area contributed by atoms with Crippen molar-refractivity contribution in [3.63, 3.8) is 0 Å². The number of rotatable bonds is 3. The number of anilines is 2. The maximum absolute atomic E-state index is 5.52. The number of hydrogen-bond acceptors (Lipinski definition) is 5. The van der Waals surface area contributed by atoms with Gasteiger partial charge in [-0.15, -0.1) is 0 Å². The molecule has 1 aromatic carbocycles. The van der Waals surface area contributed by atoms with Gasteiger partial charge in [0.2, 0.25) is 0 Å². The highest BCUT2D eigenvalue weighted by molar-refractivity contribution is 5.59. The molecule has 1 aliphatic heterocycles. The number of nitrogens with zero attached hydrogens (tertiary/aromatic N) is 2. The Kier molecular flexibility index (Phi) is 2.82. The molecular weight excluding hydrogens is 228 g/mol. The molecule has 0 bridgehead atoms. The fraction of sp³-hybridized carbons (Fsp3) is 0.231. The second-order valence-electron chi connectivity index (χ2n) is 4.11. The van der Waals surface area contributed by atoms with Crippen LogP contribution >= 0.6 is 0 Å². The van der Waals surface area contributed by atoms with Crippen LogP contribution < -0.4 is 15.8 Å². The minimum Gasteiger partial charge on any atom is -0.493 e. The topological polar surface area (TPSA) is 73.1 Å². The summed E-state index contributed by atoms with van der Waals surface area (Å²) >= 11 is 0. The number of benzene rings is 1. The zero-order valence-electron chi connectivity index (χ0n) is 9.89. The van der Waals surface area contributed by atoms with E-state index < -0.39 is 0 Å². The molecule has 2 heterocycles. The van der Waals surface area contributed by atoms with Crippen molar-refractivity contribution >= 4 is 11.5 Å². The quantitative estimate of drug-likeness (QED) is 0.855. The van der Waals surface area contributed by atoms with Gasteiger partial charge in [-0.25, -0.2) is 9.97 Å². The smallest absolute Gasteiger partial charge is 0.144 e. The van der Waals surface area contributed by atoms with Gasteiger partial charge in [-0.1, -0.05) is 0 Å². The fourth-order valence-corrected chi connectivity index (χ4v) is 1.98. The van der Waals surface area contributed by atoms with Crippen molar-refractivity contribution in [2.24, 2.45) is 5.73 Å². The molecule has 2 aromatic rings. The van der Waals surface area contributed by atoms with Crippen LogP contribution in [0.15, 0.2) is 30.5 Å². The SMILES string of the molecule is NCc1nccc(Nc2ccc3c(c2)CCO3)n1. The lowest BCUT2D eigenvalue weighted by Gasteiger charge is -2.07. The van der Waals surface area contributed by atoms with Crippen LogP contribution in [0.2, 0.25) is 0 Å². The molecule has 0 amide bonds. The summed E-state index contributed by atoms with van der Waals surface area (Å²) in [5.41, 5.74) is 7.75. The van der Waals surface area contributed by atoms with Gasteiger partial charge in [0.05, 0.1) is 13.2 Å². The third-order valence-corrected chi connectivity index (χ3v) is 2.85. The molecule has 3 rings (SSSR count). The molecular formula is C13H14N4O. The minimum absolute atomic E-state index is 0.341. The summed E-state index contributed by atoms with van der Waals surface area (Å²) in [6.07, 6.45) is 2.66. The van der Waals surface area contributed by atoms with Gasteiger partial charge >= 0.3 is 0 Å². The van der Waals surface area contributed by atoms with Crippen LogP contribution in [-0.2, 0) is 13.0 Å². The van der Waals surface area contributed by atoms with Gasteiger partial charge < -0.3 is 15.8 Å². The van der Waals surface area contributed by atoms with Crippen molar-refractivity contribution in [3.05, 3.63) is 41.9 Å². The third kappa shape index (κ3) is 2.12. The zero-order valence-corrected chi connectivity index (χ0v) is 9.89. The number of hydrogen-bond donors (Lipinski definition) is 2. The Hall–Kier alpha value is -2.14. The predicted octanol–water partition coefficient (Wildman–Crippen LogP) is 1.61. The first-order chi connectivity index (χ1) is 8.85. The maximum atomic E-state index is 5.52. The Morgan fingerprint density at radius 1 is 1.33 bits per heavy atom. The summed E-state index contributed by atoms with van der Waals surface area (Å²) < 4.78 is 5.47. The van der Waals surface area contributed by atoms with Gasteiger partial charge in [0, 0.05) is 18.3 Å². The average molecular weight is 242 g/mol. The highest BCUT2D eigenvalue weighted by Crippen LogP contribution is 2.28. The first-order valence-electron chi connectivity index (χ1n) is 5.90. The Morgan fingerprint density at radius 3 is 3.17 bits per heavy atom. The van der Waals surface area contributed by atoms with Crippen LogP contribution in [0.25, 0.3) is 0 Å². The molecule has 0 atom stereocenters. The second kappa shape index (κ2) is 4.62. The van der Waals surface area contributed by atoms with Gasteiger partial charge in [0.1, 0.15) is 17.4 Å². The lowest BCUT2D eigenvalue weighted by atomic mass is 10.1. The Balaban J connectivity index is 1.83. The first kappa shape index (κ1) is 11.0. The summed E-state index contributed by atoms with van der Waals surface area (Å²) in [7, 11) is 0. The van der Waals surface area contributed by atoms with Crippen LogP contribution in [-0.4, -0.2) is 16.6 Å². The number of nitrogens with one attached hydrogen (secondary N) is 1. The van der Waals surface area contributed by atoms with E-state index in [1.807, 2.05) is 18.2 Å². The number of nitrogens with two attached hydrogens (primary N) is 1. The van der Waals surface area contributed by atoms with Gasteiger partial charge in [0.25, 0.3) is 0 Å². The van der Waals surface area contributed by atoms with Gasteiger partial charge in [0.15, 0.2) is 0 Å². The van der Waals surface area contributed by atoms with Crippen molar-refractivity contribution in [2.75, 3.05) is 11.9 Å². The summed E-state index contributed by atoms with van der Waals surface area (Å²) in [5.74, 6) is 2.36. The van der Waals surface area contributed by atoms with E-state index in [9.17, 15) is 0 Å². The third-order valence-electron chi connectivity index (χ3n) is 2.85. The Labute approximate surface area is 105 Å². The van der Waals surface area contributed by atoms with E-state index in [0.29, 0.717) is 12.4 Å². The fourth-order valence-electron chi connectivity index (χ4n) is 1.98. The van der Waals surface area contributed by atoms with Crippen molar-refractivity contribution in [3.8, 4) is 5.75 Å². The van der Waals surface area contributed by atoms with Crippen molar-refractivity contribution in [2.45, 2.75) is 13.0 Å². The standard InChI is InChI=1S/C13H14N4O/c14-8-13-15-5-3-12(17-13)16-10-1-2-11-9(7-10)4-6-18-11/h1-3,5,7H,4,6,8,14H2,(H,15,16,17). The van der Waals surface area contributed by atoms with Crippen molar-refractivity contribution in [1.82, 2.24) is 9.97 Å². The molecule has 3 N–H and O–H groups in total. The zero-order chi connectivity index (χ0) is 12.4. The average Bonchev–Trinajstić information content (AvgIpc) is 2.86. The van der Waals surface area contributed by atoms with Crippen molar-refractivity contribution < 1.29 is 4.74 Å². The molecule has 0 radical (unpaired) electrons. The van der Waals surface area contributed by atoms with Crippen LogP contribution in [0.1, 0.15) is 11.4 Å². The molecule has 0 aliphatic carbocycles. The molecule has 0 spiro atoms. The van der Waals surface area contributed by atoms with E-state index in [0.717, 1.165) is 30.3 Å². The van der Waals surface area contributed by atoms with E-state index in [-0.39, 0.29) is 0 Å². The number of ether oxygens (including phenoxy) is 1. The number of aromatic nitrogens is 2. The summed E-state index contributed by atoms with van der Waals surface area (Å²) in [6.45, 7) is 1.11. The second-order valence-corrected chi connectivity index (χ2v) is 4.11. The van der Waals surface area contributed by atoms with E-state index in [4.69, 9.17) is 10.5 Å². The first-order valence-corrected chi connectivity index (χ1v) is 5.90. The predicted molar refractivity (Wildman–Crippen MR) is 68.8 cm³/mol. The van der Waals surface area contributed by atoms with E-state index in [2.05, 4.69) is 21.4 Å². The van der Waals surface area contributed by atoms with Crippen LogP contribution in [0.5, 0.6) is 5.75 Å². The number of fused-ring (bicyclic) bond motifs is 1. The molecule has 18 heavy (non-hydrogen) atoms. The van der Waals surface area contributed by atoms with Crippen molar-refractivity contribution in [1.29, 1.82) is 0 Å². The highest BCUT2D eigenvalue weighted by atomic mass is 16.5. The summed E-state index contributed by atoms with van der Waals surface area (Å²) in [4.78, 5) is 8.36. The van der Waals surface area contributed by atoms with Crippen LogP contribution in [0, 0.1) is 0 Å². The lowest BCUT2D eigenvalue weighted by molar-refractivity contribution is 0.357. The van der Waals surface area contributed by atoms with Gasteiger partial charge in [-0.2, -0.15) is 0 Å². The molecule has 5 nitrogen and oxygen atoms in total. The molecule has 5 heteroatoms. The molecule has 0 saturated carbocycles. The summed E-state index contributed by atoms with van der Waals surface area (Å²) in [5, 5.41) is 3.25. The van der Waals surface area contributed by atoms with Crippen LogP contribution in [0.3, 0.4) is 0 Å². The van der Waals surface area contributed by atoms with E-state index in [1.54, 1.807) is 6.20 Å².